The molecule has 0 aliphatic rings. The minimum atomic E-state index is -0.341. The van der Waals surface area contributed by atoms with Gasteiger partial charge in [0.15, 0.2) is 0 Å². The van der Waals surface area contributed by atoms with E-state index in [0.717, 1.165) is 11.3 Å². The van der Waals surface area contributed by atoms with Crippen molar-refractivity contribution in [2.24, 2.45) is 0 Å². The molecule has 1 heterocycles. The van der Waals surface area contributed by atoms with E-state index in [4.69, 9.17) is 4.74 Å². The Hall–Kier alpha value is -2.34. The second kappa shape index (κ2) is 6.41. The fourth-order valence-electron chi connectivity index (χ4n) is 2.01. The van der Waals surface area contributed by atoms with Crippen LogP contribution in [0.5, 0.6) is 5.88 Å². The Kier molecular flexibility index (Phi) is 4.59. The van der Waals surface area contributed by atoms with E-state index in [1.807, 2.05) is 43.3 Å². The molecule has 0 amide bonds. The molecule has 0 aliphatic carbocycles. The number of nitrogens with zero attached hydrogens (tertiary/aromatic N) is 2. The molecule has 6 nitrogen and oxygen atoms in total. The quantitative estimate of drug-likeness (QED) is 0.867. The van der Waals surface area contributed by atoms with Gasteiger partial charge in [0.25, 0.3) is 5.56 Å². The lowest BCUT2D eigenvalue weighted by atomic mass is 10.1. The van der Waals surface area contributed by atoms with Crippen molar-refractivity contribution in [1.29, 1.82) is 0 Å². The molecule has 1 aromatic carbocycles. The lowest BCUT2D eigenvalue weighted by Crippen LogP contribution is -2.17. The fourth-order valence-corrected chi connectivity index (χ4v) is 2.01. The number of H-pyrrole nitrogens is 1. The molecule has 21 heavy (non-hydrogen) atoms. The first kappa shape index (κ1) is 15.1. The van der Waals surface area contributed by atoms with Crippen molar-refractivity contribution >= 4 is 5.69 Å². The van der Waals surface area contributed by atoms with Crippen LogP contribution >= 0.6 is 0 Å². The summed E-state index contributed by atoms with van der Waals surface area (Å²) < 4.78 is 4.88. The minimum Gasteiger partial charge on any atom is -0.493 e. The summed E-state index contributed by atoms with van der Waals surface area (Å²) in [5.41, 5.74) is 1.92. The van der Waals surface area contributed by atoms with Crippen LogP contribution in [0.2, 0.25) is 0 Å². The number of benzene rings is 1. The Morgan fingerprint density at radius 2 is 1.95 bits per heavy atom. The summed E-state index contributed by atoms with van der Waals surface area (Å²) in [6.07, 6.45) is 0.329. The van der Waals surface area contributed by atoms with Crippen molar-refractivity contribution in [3.63, 3.8) is 0 Å². The maximum absolute atomic E-state index is 12.0. The molecular weight excluding hydrogens is 270 g/mol. The number of hydrogen-bond acceptors (Lipinski definition) is 5. The standard InChI is InChI=1S/C15H19N3O3/c1-18(2)11-6-4-10(5-7-11)8-12-14(19)16-13(9-21-3)17-15(12)20/h4-7H,8-9H2,1-3H3,(H2,16,17,19,20). The summed E-state index contributed by atoms with van der Waals surface area (Å²) in [6, 6.07) is 7.79. The van der Waals surface area contributed by atoms with Gasteiger partial charge in [0.2, 0.25) is 5.88 Å². The summed E-state index contributed by atoms with van der Waals surface area (Å²) in [5, 5.41) is 9.91. The average molecular weight is 289 g/mol. The molecule has 0 saturated carbocycles. The highest BCUT2D eigenvalue weighted by Crippen LogP contribution is 2.17. The Labute approximate surface area is 123 Å². The maximum atomic E-state index is 12.0. The predicted molar refractivity (Wildman–Crippen MR) is 80.8 cm³/mol. The van der Waals surface area contributed by atoms with Crippen LogP contribution in [0.15, 0.2) is 29.1 Å². The van der Waals surface area contributed by atoms with Gasteiger partial charge in [-0.1, -0.05) is 12.1 Å². The third-order valence-electron chi connectivity index (χ3n) is 3.16. The zero-order valence-electron chi connectivity index (χ0n) is 12.4. The molecule has 0 spiro atoms. The molecule has 0 aliphatic heterocycles. The first-order valence-electron chi connectivity index (χ1n) is 6.57. The Morgan fingerprint density at radius 1 is 1.29 bits per heavy atom. The minimum absolute atomic E-state index is 0.153. The first-order valence-corrected chi connectivity index (χ1v) is 6.57. The molecule has 0 saturated heterocycles. The van der Waals surface area contributed by atoms with Crippen LogP contribution in [0, 0.1) is 0 Å². The number of anilines is 1. The van der Waals surface area contributed by atoms with E-state index in [1.165, 1.54) is 7.11 Å². The zero-order chi connectivity index (χ0) is 15.4. The topological polar surface area (TPSA) is 78.5 Å². The fraction of sp³-hybridized carbons (Fsp3) is 0.333. The van der Waals surface area contributed by atoms with Gasteiger partial charge in [-0.05, 0) is 17.7 Å². The number of rotatable bonds is 5. The largest absolute Gasteiger partial charge is 0.493 e. The van der Waals surface area contributed by atoms with Crippen LogP contribution in [-0.4, -0.2) is 36.3 Å². The number of methoxy groups -OCH3 is 1. The van der Waals surface area contributed by atoms with Gasteiger partial charge >= 0.3 is 0 Å². The van der Waals surface area contributed by atoms with E-state index in [0.29, 0.717) is 12.2 Å². The Balaban J connectivity index is 2.25. The van der Waals surface area contributed by atoms with Gasteiger partial charge in [-0.25, -0.2) is 0 Å². The lowest BCUT2D eigenvalue weighted by Gasteiger charge is -2.12. The van der Waals surface area contributed by atoms with Gasteiger partial charge in [-0.3, -0.25) is 4.79 Å². The molecule has 2 N–H and O–H groups in total. The van der Waals surface area contributed by atoms with Crippen LogP contribution < -0.4 is 10.5 Å². The zero-order valence-corrected chi connectivity index (χ0v) is 12.4. The molecule has 0 atom stereocenters. The second-order valence-electron chi connectivity index (χ2n) is 4.99. The smallest absolute Gasteiger partial charge is 0.258 e. The van der Waals surface area contributed by atoms with Crippen molar-refractivity contribution in [2.45, 2.75) is 13.0 Å². The number of ether oxygens (including phenoxy) is 1. The number of nitrogens with one attached hydrogen (secondary N) is 1. The number of hydrogen-bond donors (Lipinski definition) is 2. The van der Waals surface area contributed by atoms with E-state index < -0.39 is 0 Å². The molecular formula is C15H19N3O3. The monoisotopic (exact) mass is 289 g/mol. The molecule has 0 radical (unpaired) electrons. The highest BCUT2D eigenvalue weighted by atomic mass is 16.5. The summed E-state index contributed by atoms with van der Waals surface area (Å²) in [5.74, 6) is 0.0641. The summed E-state index contributed by atoms with van der Waals surface area (Å²) in [6.45, 7) is 0.153. The molecule has 0 fully saturated rings. The summed E-state index contributed by atoms with van der Waals surface area (Å²) in [4.78, 5) is 20.5. The molecule has 6 heteroatoms. The van der Waals surface area contributed by atoms with Gasteiger partial charge in [-0.15, -0.1) is 0 Å². The molecule has 2 rings (SSSR count). The third-order valence-corrected chi connectivity index (χ3v) is 3.16. The Morgan fingerprint density at radius 3 is 2.48 bits per heavy atom. The van der Waals surface area contributed by atoms with Crippen molar-refractivity contribution in [1.82, 2.24) is 9.97 Å². The van der Waals surface area contributed by atoms with Crippen LogP contribution in [0.25, 0.3) is 0 Å². The van der Waals surface area contributed by atoms with E-state index in [-0.39, 0.29) is 23.6 Å². The van der Waals surface area contributed by atoms with Crippen molar-refractivity contribution < 1.29 is 9.84 Å². The number of aromatic hydroxyl groups is 1. The summed E-state index contributed by atoms with van der Waals surface area (Å²) in [7, 11) is 5.42. The van der Waals surface area contributed by atoms with Crippen LogP contribution in [-0.2, 0) is 17.8 Å². The predicted octanol–water partition coefficient (Wildman–Crippen LogP) is 1.28. The van der Waals surface area contributed by atoms with E-state index in [9.17, 15) is 9.90 Å². The molecule has 0 bridgehead atoms. The highest BCUT2D eigenvalue weighted by molar-refractivity contribution is 5.46. The molecule has 2 aromatic rings. The van der Waals surface area contributed by atoms with Gasteiger partial charge in [0.05, 0.1) is 5.56 Å². The van der Waals surface area contributed by atoms with Crippen LogP contribution in [0.1, 0.15) is 17.0 Å². The Bertz CT molecular complexity index is 663. The number of aromatic nitrogens is 2. The van der Waals surface area contributed by atoms with E-state index in [1.54, 1.807) is 0 Å². The summed E-state index contributed by atoms with van der Waals surface area (Å²) >= 11 is 0. The molecule has 112 valence electrons. The number of aromatic amines is 1. The highest BCUT2D eigenvalue weighted by Gasteiger charge is 2.11. The van der Waals surface area contributed by atoms with E-state index >= 15 is 0 Å². The lowest BCUT2D eigenvalue weighted by molar-refractivity contribution is 0.176. The van der Waals surface area contributed by atoms with Crippen molar-refractivity contribution in [3.8, 4) is 5.88 Å². The average Bonchev–Trinajstić information content (AvgIpc) is 2.44. The molecule has 1 aromatic heterocycles. The van der Waals surface area contributed by atoms with Gasteiger partial charge in [0.1, 0.15) is 12.4 Å². The third kappa shape index (κ3) is 3.61. The van der Waals surface area contributed by atoms with Gasteiger partial charge in [0, 0.05) is 33.3 Å². The van der Waals surface area contributed by atoms with Crippen molar-refractivity contribution in [3.05, 3.63) is 51.6 Å². The van der Waals surface area contributed by atoms with Gasteiger partial charge in [-0.2, -0.15) is 4.98 Å². The first-order chi connectivity index (χ1) is 10.0. The molecule has 0 unspecified atom stereocenters. The van der Waals surface area contributed by atoms with Crippen molar-refractivity contribution in [2.75, 3.05) is 26.1 Å². The maximum Gasteiger partial charge on any atom is 0.258 e. The SMILES string of the molecule is COCc1nc(O)c(Cc2ccc(N(C)C)cc2)c(=O)[nH]1. The second-order valence-corrected chi connectivity index (χ2v) is 4.99. The van der Waals surface area contributed by atoms with E-state index in [2.05, 4.69) is 9.97 Å². The van der Waals surface area contributed by atoms with Crippen LogP contribution in [0.4, 0.5) is 5.69 Å². The van der Waals surface area contributed by atoms with Gasteiger partial charge < -0.3 is 19.7 Å². The normalized spacial score (nSPS) is 10.6. The van der Waals surface area contributed by atoms with Crippen LogP contribution in [0.3, 0.4) is 0 Å².